The van der Waals surface area contributed by atoms with Gasteiger partial charge in [-0.15, -0.1) is 11.3 Å². The van der Waals surface area contributed by atoms with Crippen LogP contribution in [0.3, 0.4) is 0 Å². The van der Waals surface area contributed by atoms with Crippen LogP contribution in [0.2, 0.25) is 0 Å². The first-order chi connectivity index (χ1) is 7.27. The van der Waals surface area contributed by atoms with E-state index in [1.807, 2.05) is 24.4 Å². The Morgan fingerprint density at radius 2 is 2.27 bits per heavy atom. The lowest BCUT2D eigenvalue weighted by atomic mass is 10.1. The molecule has 1 aromatic rings. The van der Waals surface area contributed by atoms with Crippen LogP contribution in [0.15, 0.2) is 17.5 Å². The zero-order valence-corrected chi connectivity index (χ0v) is 9.93. The second kappa shape index (κ2) is 4.90. The van der Waals surface area contributed by atoms with Crippen molar-refractivity contribution in [3.8, 4) is 0 Å². The van der Waals surface area contributed by atoms with Crippen molar-refractivity contribution < 1.29 is 4.79 Å². The third-order valence-corrected chi connectivity index (χ3v) is 3.83. The second-order valence-corrected chi connectivity index (χ2v) is 5.20. The molecule has 82 valence electrons. The molecule has 1 unspecified atom stereocenters. The smallest absolute Gasteiger partial charge is 0.176 e. The quantitative estimate of drug-likeness (QED) is 0.731. The number of ketones is 1. The van der Waals surface area contributed by atoms with Crippen LogP contribution >= 0.6 is 11.3 Å². The fraction of sp³-hybridized carbons (Fsp3) is 0.583. The van der Waals surface area contributed by atoms with Gasteiger partial charge >= 0.3 is 0 Å². The number of thiophene rings is 1. The van der Waals surface area contributed by atoms with Gasteiger partial charge < -0.3 is 4.90 Å². The molecule has 0 aliphatic carbocycles. The first-order valence-corrected chi connectivity index (χ1v) is 6.45. The predicted octanol–water partition coefficient (Wildman–Crippen LogP) is 2.66. The summed E-state index contributed by atoms with van der Waals surface area (Å²) in [6.45, 7) is 5.31. The summed E-state index contributed by atoms with van der Waals surface area (Å²) < 4.78 is 0. The van der Waals surface area contributed by atoms with E-state index >= 15 is 0 Å². The Morgan fingerprint density at radius 1 is 1.53 bits per heavy atom. The Hall–Kier alpha value is -0.670. The Kier molecular flexibility index (Phi) is 3.54. The molecule has 2 heterocycles. The molecule has 0 spiro atoms. The van der Waals surface area contributed by atoms with Crippen LogP contribution < -0.4 is 0 Å². The third kappa shape index (κ3) is 2.67. The molecular formula is C12H17NOS. The van der Waals surface area contributed by atoms with Gasteiger partial charge in [0.15, 0.2) is 5.78 Å². The van der Waals surface area contributed by atoms with Crippen LogP contribution in [0.4, 0.5) is 0 Å². The van der Waals surface area contributed by atoms with Crippen LogP contribution in [0.1, 0.15) is 29.4 Å². The molecule has 1 aliphatic heterocycles. The van der Waals surface area contributed by atoms with Gasteiger partial charge in [0.1, 0.15) is 0 Å². The standard InChI is InChI=1S/C12H17NOS/c1-10(9-13-6-2-3-7-13)12(14)11-5-4-8-15-11/h4-5,8,10H,2-3,6-7,9H2,1H3. The van der Waals surface area contributed by atoms with Crippen LogP contribution in [-0.2, 0) is 0 Å². The summed E-state index contributed by atoms with van der Waals surface area (Å²) in [6, 6.07) is 3.87. The predicted molar refractivity (Wildman–Crippen MR) is 63.5 cm³/mol. The first kappa shape index (κ1) is 10.8. The maximum absolute atomic E-state index is 12.0. The van der Waals surface area contributed by atoms with Crippen molar-refractivity contribution in [1.82, 2.24) is 4.90 Å². The van der Waals surface area contributed by atoms with Gasteiger partial charge in [-0.2, -0.15) is 0 Å². The summed E-state index contributed by atoms with van der Waals surface area (Å²) in [6.07, 6.45) is 2.58. The molecule has 2 nitrogen and oxygen atoms in total. The van der Waals surface area contributed by atoms with Crippen LogP contribution in [-0.4, -0.2) is 30.3 Å². The molecule has 1 fully saturated rings. The SMILES string of the molecule is CC(CN1CCCC1)C(=O)c1cccs1. The first-order valence-electron chi connectivity index (χ1n) is 5.57. The van der Waals surface area contributed by atoms with Gasteiger partial charge in [0.2, 0.25) is 0 Å². The van der Waals surface area contributed by atoms with Gasteiger partial charge in [0.25, 0.3) is 0 Å². The monoisotopic (exact) mass is 223 g/mol. The molecule has 3 heteroatoms. The summed E-state index contributed by atoms with van der Waals surface area (Å²) in [7, 11) is 0. The molecule has 0 radical (unpaired) electrons. The number of rotatable bonds is 4. The number of hydrogen-bond donors (Lipinski definition) is 0. The van der Waals surface area contributed by atoms with Gasteiger partial charge in [0.05, 0.1) is 4.88 Å². The Labute approximate surface area is 94.9 Å². The van der Waals surface area contributed by atoms with E-state index in [9.17, 15) is 4.79 Å². The zero-order chi connectivity index (χ0) is 10.7. The third-order valence-electron chi connectivity index (χ3n) is 2.94. The van der Waals surface area contributed by atoms with Crippen molar-refractivity contribution in [1.29, 1.82) is 0 Å². The minimum Gasteiger partial charge on any atom is -0.303 e. The van der Waals surface area contributed by atoms with E-state index in [2.05, 4.69) is 4.90 Å². The van der Waals surface area contributed by atoms with E-state index in [4.69, 9.17) is 0 Å². The van der Waals surface area contributed by atoms with E-state index < -0.39 is 0 Å². The summed E-state index contributed by atoms with van der Waals surface area (Å²) in [4.78, 5) is 15.3. The number of carbonyl (C=O) groups is 1. The Morgan fingerprint density at radius 3 is 2.87 bits per heavy atom. The van der Waals surface area contributed by atoms with Crippen molar-refractivity contribution in [3.05, 3.63) is 22.4 Å². The van der Waals surface area contributed by atoms with Crippen LogP contribution in [0.5, 0.6) is 0 Å². The van der Waals surface area contributed by atoms with Gasteiger partial charge in [-0.05, 0) is 37.4 Å². The maximum Gasteiger partial charge on any atom is 0.176 e. The number of hydrogen-bond acceptors (Lipinski definition) is 3. The van der Waals surface area contributed by atoms with Crippen LogP contribution in [0, 0.1) is 5.92 Å². The van der Waals surface area contributed by atoms with Crippen molar-refractivity contribution in [2.24, 2.45) is 5.92 Å². The maximum atomic E-state index is 12.0. The van der Waals surface area contributed by atoms with Crippen molar-refractivity contribution >= 4 is 17.1 Å². The number of Topliss-reactive ketones (excluding diaryl/α,β-unsaturated/α-hetero) is 1. The highest BCUT2D eigenvalue weighted by molar-refractivity contribution is 7.12. The molecule has 0 aromatic carbocycles. The molecule has 0 saturated carbocycles. The summed E-state index contributed by atoms with van der Waals surface area (Å²) in [5.41, 5.74) is 0. The zero-order valence-electron chi connectivity index (χ0n) is 9.11. The molecule has 1 atom stereocenters. The van der Waals surface area contributed by atoms with E-state index in [0.717, 1.165) is 11.4 Å². The average molecular weight is 223 g/mol. The highest BCUT2D eigenvalue weighted by atomic mass is 32.1. The van der Waals surface area contributed by atoms with Gasteiger partial charge in [-0.1, -0.05) is 13.0 Å². The normalized spacial score (nSPS) is 19.3. The number of carbonyl (C=O) groups excluding carboxylic acids is 1. The topological polar surface area (TPSA) is 20.3 Å². The number of nitrogens with zero attached hydrogens (tertiary/aromatic N) is 1. The molecule has 0 N–H and O–H groups in total. The summed E-state index contributed by atoms with van der Waals surface area (Å²) in [5.74, 6) is 0.443. The molecule has 15 heavy (non-hydrogen) atoms. The fourth-order valence-electron chi connectivity index (χ4n) is 2.10. The minimum absolute atomic E-state index is 0.141. The largest absolute Gasteiger partial charge is 0.303 e. The van der Waals surface area contributed by atoms with Crippen molar-refractivity contribution in [2.75, 3.05) is 19.6 Å². The van der Waals surface area contributed by atoms with E-state index in [0.29, 0.717) is 5.78 Å². The number of likely N-dealkylation sites (tertiary alicyclic amines) is 1. The van der Waals surface area contributed by atoms with E-state index in [1.165, 1.54) is 25.9 Å². The lowest BCUT2D eigenvalue weighted by molar-refractivity contribution is 0.0907. The molecule has 0 bridgehead atoms. The highest BCUT2D eigenvalue weighted by Crippen LogP contribution is 2.17. The van der Waals surface area contributed by atoms with Gasteiger partial charge in [0, 0.05) is 12.5 Å². The lowest BCUT2D eigenvalue weighted by Crippen LogP contribution is -2.29. The molecule has 1 aliphatic rings. The second-order valence-electron chi connectivity index (χ2n) is 4.25. The van der Waals surface area contributed by atoms with Crippen LogP contribution in [0.25, 0.3) is 0 Å². The van der Waals surface area contributed by atoms with Crippen molar-refractivity contribution in [3.63, 3.8) is 0 Å². The minimum atomic E-state index is 0.141. The average Bonchev–Trinajstić information content (AvgIpc) is 2.88. The summed E-state index contributed by atoms with van der Waals surface area (Å²) in [5, 5.41) is 1.97. The molecule has 1 saturated heterocycles. The lowest BCUT2D eigenvalue weighted by Gasteiger charge is -2.18. The molecule has 1 aromatic heterocycles. The molecule has 0 amide bonds. The van der Waals surface area contributed by atoms with E-state index in [1.54, 1.807) is 11.3 Å². The van der Waals surface area contributed by atoms with Gasteiger partial charge in [-0.3, -0.25) is 4.79 Å². The Bertz CT molecular complexity index is 314. The van der Waals surface area contributed by atoms with Crippen molar-refractivity contribution in [2.45, 2.75) is 19.8 Å². The fourth-order valence-corrected chi connectivity index (χ4v) is 2.88. The van der Waals surface area contributed by atoms with E-state index in [-0.39, 0.29) is 5.92 Å². The Balaban J connectivity index is 1.90. The van der Waals surface area contributed by atoms with Gasteiger partial charge in [-0.25, -0.2) is 0 Å². The highest BCUT2D eigenvalue weighted by Gasteiger charge is 2.20. The molecular weight excluding hydrogens is 206 g/mol. The summed E-state index contributed by atoms with van der Waals surface area (Å²) >= 11 is 1.55. The molecule has 2 rings (SSSR count).